The molecule has 0 unspecified atom stereocenters. The molecule has 0 atom stereocenters. The van der Waals surface area contributed by atoms with Crippen LogP contribution in [0.15, 0.2) is 0 Å². The minimum atomic E-state index is 0.245. The molecule has 0 bridgehead atoms. The first-order valence-corrected chi connectivity index (χ1v) is 3.22. The summed E-state index contributed by atoms with van der Waals surface area (Å²) in [5.41, 5.74) is 0.245. The first kappa shape index (κ1) is 6.99. The van der Waals surface area contributed by atoms with Crippen LogP contribution in [-0.4, -0.2) is 19.8 Å². The summed E-state index contributed by atoms with van der Waals surface area (Å²) in [6, 6.07) is 0. The summed E-state index contributed by atoms with van der Waals surface area (Å²) in [7, 11) is 0. The lowest BCUT2D eigenvalue weighted by Crippen LogP contribution is -2.46. The molecule has 1 aliphatic heterocycles. The molecule has 0 radical (unpaired) electrons. The molecule has 1 saturated heterocycles. The molecular formula is C6H13NO2. The highest BCUT2D eigenvalue weighted by molar-refractivity contribution is 4.83. The Morgan fingerprint density at radius 1 is 1.67 bits per heavy atom. The lowest BCUT2D eigenvalue weighted by molar-refractivity contribution is -0.151. The number of ether oxygens (including phenoxy) is 1. The molecule has 0 aromatic rings. The van der Waals surface area contributed by atoms with Gasteiger partial charge in [0.2, 0.25) is 0 Å². The summed E-state index contributed by atoms with van der Waals surface area (Å²) in [5, 5.41) is 0. The van der Waals surface area contributed by atoms with Crippen molar-refractivity contribution in [1.82, 2.24) is 0 Å². The Hall–Kier alpha value is -0.120. The van der Waals surface area contributed by atoms with Gasteiger partial charge >= 0.3 is 0 Å². The summed E-state index contributed by atoms with van der Waals surface area (Å²) >= 11 is 0. The van der Waals surface area contributed by atoms with Crippen LogP contribution in [0.2, 0.25) is 0 Å². The number of rotatable bonds is 3. The zero-order valence-corrected chi connectivity index (χ0v) is 5.72. The Morgan fingerprint density at radius 2 is 2.33 bits per heavy atom. The summed E-state index contributed by atoms with van der Waals surface area (Å²) in [6.07, 6.45) is 1.09. The van der Waals surface area contributed by atoms with Gasteiger partial charge in [-0.3, -0.25) is 0 Å². The molecule has 0 spiro atoms. The zero-order valence-electron chi connectivity index (χ0n) is 5.72. The average Bonchev–Trinajstić information content (AvgIpc) is 1.79. The second kappa shape index (κ2) is 2.64. The fraction of sp³-hybridized carbons (Fsp3) is 1.00. The van der Waals surface area contributed by atoms with Crippen LogP contribution in [-0.2, 0) is 9.57 Å². The first-order chi connectivity index (χ1) is 4.33. The molecule has 1 rings (SSSR count). The van der Waals surface area contributed by atoms with Gasteiger partial charge in [-0.2, -0.15) is 0 Å². The maximum atomic E-state index is 5.05. The van der Waals surface area contributed by atoms with E-state index in [1.54, 1.807) is 0 Å². The van der Waals surface area contributed by atoms with E-state index in [-0.39, 0.29) is 5.41 Å². The maximum absolute atomic E-state index is 5.05. The fourth-order valence-electron chi connectivity index (χ4n) is 0.957. The normalized spacial score (nSPS) is 23.3. The Morgan fingerprint density at radius 3 is 2.44 bits per heavy atom. The van der Waals surface area contributed by atoms with Crippen LogP contribution in [0.5, 0.6) is 0 Å². The molecule has 1 aliphatic rings. The van der Waals surface area contributed by atoms with E-state index in [9.17, 15) is 0 Å². The molecule has 3 heteroatoms. The van der Waals surface area contributed by atoms with Crippen molar-refractivity contribution in [3.63, 3.8) is 0 Å². The third-order valence-corrected chi connectivity index (χ3v) is 1.96. The molecule has 9 heavy (non-hydrogen) atoms. The molecule has 0 aliphatic carbocycles. The predicted octanol–water partition coefficient (Wildman–Crippen LogP) is 0.303. The van der Waals surface area contributed by atoms with Gasteiger partial charge in [0, 0.05) is 5.41 Å². The van der Waals surface area contributed by atoms with Crippen molar-refractivity contribution in [3.05, 3.63) is 0 Å². The Kier molecular flexibility index (Phi) is 2.05. The van der Waals surface area contributed by atoms with E-state index in [0.29, 0.717) is 6.61 Å². The van der Waals surface area contributed by atoms with E-state index in [0.717, 1.165) is 19.6 Å². The van der Waals surface area contributed by atoms with E-state index in [2.05, 4.69) is 11.8 Å². The molecule has 1 fully saturated rings. The lowest BCUT2D eigenvalue weighted by atomic mass is 9.84. The summed E-state index contributed by atoms with van der Waals surface area (Å²) in [5.74, 6) is 4.94. The van der Waals surface area contributed by atoms with Crippen molar-refractivity contribution < 1.29 is 9.57 Å². The Labute approximate surface area is 55.1 Å². The van der Waals surface area contributed by atoms with Crippen LogP contribution in [0.3, 0.4) is 0 Å². The highest BCUT2D eigenvalue weighted by Crippen LogP contribution is 2.30. The molecule has 54 valence electrons. The van der Waals surface area contributed by atoms with Gasteiger partial charge in [-0.25, -0.2) is 5.90 Å². The molecular weight excluding hydrogens is 118 g/mol. The van der Waals surface area contributed by atoms with E-state index >= 15 is 0 Å². The van der Waals surface area contributed by atoms with Gasteiger partial charge in [0.25, 0.3) is 0 Å². The third-order valence-electron chi connectivity index (χ3n) is 1.96. The van der Waals surface area contributed by atoms with Crippen LogP contribution in [0, 0.1) is 5.41 Å². The van der Waals surface area contributed by atoms with Crippen molar-refractivity contribution >= 4 is 0 Å². The lowest BCUT2D eigenvalue weighted by Gasteiger charge is -2.39. The molecule has 0 saturated carbocycles. The van der Waals surface area contributed by atoms with Gasteiger partial charge in [0.05, 0.1) is 19.8 Å². The summed E-state index contributed by atoms with van der Waals surface area (Å²) < 4.78 is 5.05. The van der Waals surface area contributed by atoms with Gasteiger partial charge in [-0.1, -0.05) is 6.92 Å². The van der Waals surface area contributed by atoms with Crippen LogP contribution in [0.1, 0.15) is 13.3 Å². The number of nitrogens with two attached hydrogens (primary N) is 1. The zero-order chi connectivity index (χ0) is 6.74. The van der Waals surface area contributed by atoms with Gasteiger partial charge in [0.15, 0.2) is 0 Å². The first-order valence-electron chi connectivity index (χ1n) is 3.22. The molecule has 2 N–H and O–H groups in total. The number of hydrogen-bond donors (Lipinski definition) is 1. The highest BCUT2D eigenvalue weighted by Gasteiger charge is 2.36. The van der Waals surface area contributed by atoms with Crippen molar-refractivity contribution in [2.45, 2.75) is 13.3 Å². The van der Waals surface area contributed by atoms with Crippen LogP contribution in [0.25, 0.3) is 0 Å². The maximum Gasteiger partial charge on any atom is 0.0779 e. The largest absolute Gasteiger partial charge is 0.380 e. The number of hydrogen-bond acceptors (Lipinski definition) is 3. The Bertz CT molecular complexity index is 85.5. The molecule has 0 amide bonds. The second-order valence-electron chi connectivity index (χ2n) is 2.66. The smallest absolute Gasteiger partial charge is 0.0779 e. The van der Waals surface area contributed by atoms with Gasteiger partial charge in [-0.15, -0.1) is 0 Å². The van der Waals surface area contributed by atoms with Crippen LogP contribution < -0.4 is 5.90 Å². The molecule has 0 aromatic carbocycles. The highest BCUT2D eigenvalue weighted by atomic mass is 16.6. The topological polar surface area (TPSA) is 44.5 Å². The van der Waals surface area contributed by atoms with Gasteiger partial charge < -0.3 is 9.57 Å². The molecule has 3 nitrogen and oxygen atoms in total. The molecule has 1 heterocycles. The van der Waals surface area contributed by atoms with Gasteiger partial charge in [0.1, 0.15) is 0 Å². The van der Waals surface area contributed by atoms with E-state index < -0.39 is 0 Å². The van der Waals surface area contributed by atoms with Crippen molar-refractivity contribution in [2.75, 3.05) is 19.8 Å². The summed E-state index contributed by atoms with van der Waals surface area (Å²) in [6.45, 7) is 4.37. The predicted molar refractivity (Wildman–Crippen MR) is 33.7 cm³/mol. The third kappa shape index (κ3) is 1.23. The summed E-state index contributed by atoms with van der Waals surface area (Å²) in [4.78, 5) is 4.56. The van der Waals surface area contributed by atoms with Crippen LogP contribution in [0.4, 0.5) is 0 Å². The van der Waals surface area contributed by atoms with Gasteiger partial charge in [-0.05, 0) is 6.42 Å². The van der Waals surface area contributed by atoms with E-state index in [4.69, 9.17) is 10.6 Å². The second-order valence-corrected chi connectivity index (χ2v) is 2.66. The van der Waals surface area contributed by atoms with E-state index in [1.807, 2.05) is 0 Å². The SMILES string of the molecule is CCC1(CON)COC1. The standard InChI is InChI=1S/C6H13NO2/c1-2-6(5-9-7)3-8-4-6/h2-5,7H2,1H3. The molecule has 0 aromatic heterocycles. The minimum absolute atomic E-state index is 0.245. The van der Waals surface area contributed by atoms with Crippen molar-refractivity contribution in [3.8, 4) is 0 Å². The van der Waals surface area contributed by atoms with Crippen LogP contribution >= 0.6 is 0 Å². The minimum Gasteiger partial charge on any atom is -0.380 e. The van der Waals surface area contributed by atoms with E-state index in [1.165, 1.54) is 0 Å². The Balaban J connectivity index is 2.28. The van der Waals surface area contributed by atoms with Crippen molar-refractivity contribution in [1.29, 1.82) is 0 Å². The average molecular weight is 131 g/mol. The monoisotopic (exact) mass is 131 g/mol. The van der Waals surface area contributed by atoms with Crippen molar-refractivity contribution in [2.24, 2.45) is 11.3 Å². The fourth-order valence-corrected chi connectivity index (χ4v) is 0.957. The quantitative estimate of drug-likeness (QED) is 0.560.